The lowest BCUT2D eigenvalue weighted by atomic mass is 10.0. The Balaban J connectivity index is 3.74. The van der Waals surface area contributed by atoms with E-state index in [0.717, 1.165) is 12.8 Å². The van der Waals surface area contributed by atoms with Gasteiger partial charge in [0.25, 0.3) is 0 Å². The summed E-state index contributed by atoms with van der Waals surface area (Å²) in [6, 6.07) is 0. The highest BCUT2D eigenvalue weighted by molar-refractivity contribution is 5.78. The van der Waals surface area contributed by atoms with Crippen molar-refractivity contribution in [2.24, 2.45) is 5.92 Å². The normalized spacial score (nSPS) is 11.2. The highest BCUT2D eigenvalue weighted by atomic mass is 16.6. The van der Waals surface area contributed by atoms with Crippen molar-refractivity contribution in [1.82, 2.24) is 10.6 Å². The lowest BCUT2D eigenvalue weighted by Crippen LogP contribution is -2.39. The average molecular weight is 258 g/mol. The Hall–Kier alpha value is -1.26. The maximum absolute atomic E-state index is 11.6. The molecular formula is C13H26N2O3. The second-order valence-corrected chi connectivity index (χ2v) is 5.23. The molecule has 0 bridgehead atoms. The number of alkyl carbamates (subject to hydrolysis) is 1. The van der Waals surface area contributed by atoms with Crippen molar-refractivity contribution < 1.29 is 14.3 Å². The number of amides is 2. The molecule has 0 atom stereocenters. The zero-order valence-electron chi connectivity index (χ0n) is 12.1. The number of hydrogen-bond donors (Lipinski definition) is 2. The summed E-state index contributed by atoms with van der Waals surface area (Å²) in [5.74, 6) is 0.109. The zero-order valence-corrected chi connectivity index (χ0v) is 12.1. The highest BCUT2D eigenvalue weighted by Gasteiger charge is 2.16. The van der Waals surface area contributed by atoms with E-state index in [0.29, 0.717) is 13.1 Å². The van der Waals surface area contributed by atoms with E-state index in [-0.39, 0.29) is 11.8 Å². The predicted octanol–water partition coefficient (Wildman–Crippen LogP) is 2.06. The minimum absolute atomic E-state index is 0.0472. The molecule has 2 amide bonds. The summed E-state index contributed by atoms with van der Waals surface area (Å²) in [6.45, 7) is 10.2. The van der Waals surface area contributed by atoms with Gasteiger partial charge in [-0.25, -0.2) is 4.79 Å². The molecule has 106 valence electrons. The number of nitrogens with one attached hydrogen (secondary N) is 2. The van der Waals surface area contributed by atoms with Gasteiger partial charge in [-0.15, -0.1) is 0 Å². The van der Waals surface area contributed by atoms with Gasteiger partial charge in [-0.2, -0.15) is 0 Å². The van der Waals surface area contributed by atoms with Gasteiger partial charge in [0.2, 0.25) is 5.91 Å². The first kappa shape index (κ1) is 16.7. The van der Waals surface area contributed by atoms with E-state index in [4.69, 9.17) is 4.74 Å². The maximum Gasteiger partial charge on any atom is 0.407 e. The molecule has 0 aliphatic carbocycles. The fourth-order valence-corrected chi connectivity index (χ4v) is 1.47. The van der Waals surface area contributed by atoms with Crippen LogP contribution in [0.2, 0.25) is 0 Å². The molecule has 0 aliphatic rings. The first-order chi connectivity index (χ1) is 8.30. The van der Waals surface area contributed by atoms with Gasteiger partial charge in [0.05, 0.1) is 0 Å². The lowest BCUT2D eigenvalue weighted by Gasteiger charge is -2.20. The summed E-state index contributed by atoms with van der Waals surface area (Å²) in [6.07, 6.45) is 1.21. The third-order valence-electron chi connectivity index (χ3n) is 2.45. The topological polar surface area (TPSA) is 67.4 Å². The quantitative estimate of drug-likeness (QED) is 0.717. The lowest BCUT2D eigenvalue weighted by molar-refractivity contribution is -0.125. The van der Waals surface area contributed by atoms with E-state index in [9.17, 15) is 9.59 Å². The molecule has 0 spiro atoms. The van der Waals surface area contributed by atoms with Gasteiger partial charge in [0, 0.05) is 19.0 Å². The Labute approximate surface area is 110 Å². The number of ether oxygens (including phenoxy) is 1. The molecule has 0 aromatic heterocycles. The van der Waals surface area contributed by atoms with Crippen LogP contribution in [-0.2, 0) is 9.53 Å². The second-order valence-electron chi connectivity index (χ2n) is 5.23. The van der Waals surface area contributed by atoms with E-state index >= 15 is 0 Å². The molecule has 0 aromatic carbocycles. The standard InChI is InChI=1S/C13H26N2O3/c1-6-10(7-2)11(16)14-8-9-15-12(17)18-13(3,4)5/h10H,6-9H2,1-5H3,(H,14,16)(H,15,17). The second kappa shape index (κ2) is 7.95. The van der Waals surface area contributed by atoms with Gasteiger partial charge in [0.1, 0.15) is 5.60 Å². The molecule has 0 aromatic rings. The van der Waals surface area contributed by atoms with Crippen LogP contribution in [0.3, 0.4) is 0 Å². The molecule has 0 heterocycles. The van der Waals surface area contributed by atoms with Gasteiger partial charge in [-0.3, -0.25) is 4.79 Å². The number of rotatable bonds is 6. The monoisotopic (exact) mass is 258 g/mol. The van der Waals surface area contributed by atoms with E-state index in [1.807, 2.05) is 13.8 Å². The van der Waals surface area contributed by atoms with Crippen LogP contribution < -0.4 is 10.6 Å². The average Bonchev–Trinajstić information content (AvgIpc) is 2.23. The van der Waals surface area contributed by atoms with Gasteiger partial charge >= 0.3 is 6.09 Å². The van der Waals surface area contributed by atoms with Crippen molar-refractivity contribution in [1.29, 1.82) is 0 Å². The number of hydrogen-bond acceptors (Lipinski definition) is 3. The summed E-state index contributed by atoms with van der Waals surface area (Å²) in [7, 11) is 0. The van der Waals surface area contributed by atoms with Crippen molar-refractivity contribution in [3.63, 3.8) is 0 Å². The van der Waals surface area contributed by atoms with Crippen molar-refractivity contribution in [3.8, 4) is 0 Å². The molecule has 0 rings (SSSR count). The van der Waals surface area contributed by atoms with Crippen LogP contribution in [0, 0.1) is 5.92 Å². The zero-order chi connectivity index (χ0) is 14.2. The maximum atomic E-state index is 11.6. The van der Waals surface area contributed by atoms with Crippen LogP contribution in [0.1, 0.15) is 47.5 Å². The predicted molar refractivity (Wildman–Crippen MR) is 71.3 cm³/mol. The number of carbonyl (C=O) groups is 2. The summed E-state index contributed by atoms with van der Waals surface area (Å²) in [4.78, 5) is 22.9. The molecule has 0 fully saturated rings. The Morgan fingerprint density at radius 2 is 1.56 bits per heavy atom. The minimum Gasteiger partial charge on any atom is -0.444 e. The first-order valence-electron chi connectivity index (χ1n) is 6.54. The molecule has 18 heavy (non-hydrogen) atoms. The summed E-state index contributed by atoms with van der Waals surface area (Å²) in [5, 5.41) is 5.39. The Bertz CT molecular complexity index is 268. The molecule has 5 heteroatoms. The van der Waals surface area contributed by atoms with Crippen LogP contribution in [0.25, 0.3) is 0 Å². The third kappa shape index (κ3) is 7.92. The van der Waals surface area contributed by atoms with E-state index < -0.39 is 11.7 Å². The first-order valence-corrected chi connectivity index (χ1v) is 6.54. The Morgan fingerprint density at radius 3 is 2.00 bits per heavy atom. The molecule has 0 unspecified atom stereocenters. The largest absolute Gasteiger partial charge is 0.444 e. The van der Waals surface area contributed by atoms with Crippen LogP contribution in [0.5, 0.6) is 0 Å². The SMILES string of the molecule is CCC(CC)C(=O)NCCNC(=O)OC(C)(C)C. The molecule has 2 N–H and O–H groups in total. The van der Waals surface area contributed by atoms with Gasteiger partial charge in [0.15, 0.2) is 0 Å². The Kier molecular flexibility index (Phi) is 7.39. The van der Waals surface area contributed by atoms with Crippen molar-refractivity contribution in [2.45, 2.75) is 53.1 Å². The molecule has 0 aliphatic heterocycles. The minimum atomic E-state index is -0.497. The molecule has 0 saturated heterocycles. The molecule has 0 radical (unpaired) electrons. The summed E-state index contributed by atoms with van der Waals surface area (Å²) >= 11 is 0. The molecule has 5 nitrogen and oxygen atoms in total. The van der Waals surface area contributed by atoms with E-state index in [1.165, 1.54) is 0 Å². The van der Waals surface area contributed by atoms with Gasteiger partial charge in [-0.1, -0.05) is 13.8 Å². The molecular weight excluding hydrogens is 232 g/mol. The van der Waals surface area contributed by atoms with Crippen molar-refractivity contribution >= 4 is 12.0 Å². The van der Waals surface area contributed by atoms with Gasteiger partial charge < -0.3 is 15.4 Å². The van der Waals surface area contributed by atoms with Crippen molar-refractivity contribution in [3.05, 3.63) is 0 Å². The van der Waals surface area contributed by atoms with Crippen LogP contribution in [0.4, 0.5) is 4.79 Å². The van der Waals surface area contributed by atoms with E-state index in [1.54, 1.807) is 20.8 Å². The smallest absolute Gasteiger partial charge is 0.407 e. The fraction of sp³-hybridized carbons (Fsp3) is 0.846. The third-order valence-corrected chi connectivity index (χ3v) is 2.45. The van der Waals surface area contributed by atoms with Crippen LogP contribution in [0.15, 0.2) is 0 Å². The molecule has 0 saturated carbocycles. The van der Waals surface area contributed by atoms with Crippen LogP contribution in [-0.4, -0.2) is 30.7 Å². The van der Waals surface area contributed by atoms with Gasteiger partial charge in [-0.05, 0) is 33.6 Å². The Morgan fingerprint density at radius 1 is 1.06 bits per heavy atom. The summed E-state index contributed by atoms with van der Waals surface area (Å²) in [5.41, 5.74) is -0.497. The van der Waals surface area contributed by atoms with E-state index in [2.05, 4.69) is 10.6 Å². The summed E-state index contributed by atoms with van der Waals surface area (Å²) < 4.78 is 5.07. The highest BCUT2D eigenvalue weighted by Crippen LogP contribution is 2.07. The fourth-order valence-electron chi connectivity index (χ4n) is 1.47. The van der Waals surface area contributed by atoms with Crippen molar-refractivity contribution in [2.75, 3.05) is 13.1 Å². The van der Waals surface area contributed by atoms with Crippen LogP contribution >= 0.6 is 0 Å². The number of carbonyl (C=O) groups excluding carboxylic acids is 2.